The van der Waals surface area contributed by atoms with Gasteiger partial charge in [0.15, 0.2) is 0 Å². The quantitative estimate of drug-likeness (QED) is 0.708. The van der Waals surface area contributed by atoms with Crippen molar-refractivity contribution in [2.45, 2.75) is 6.54 Å². The lowest BCUT2D eigenvalue weighted by molar-refractivity contribution is -0.122. The van der Waals surface area contributed by atoms with Gasteiger partial charge in [-0.3, -0.25) is 25.2 Å². The molecule has 2 N–H and O–H groups in total. The number of carbonyl (C=O) groups is 2. The van der Waals surface area contributed by atoms with Crippen LogP contribution in [0.5, 0.6) is 0 Å². The van der Waals surface area contributed by atoms with E-state index in [0.717, 1.165) is 11.1 Å². The predicted octanol–water partition coefficient (Wildman–Crippen LogP) is 1.98. The molecule has 0 fully saturated rings. The van der Waals surface area contributed by atoms with Crippen LogP contribution >= 0.6 is 0 Å². The van der Waals surface area contributed by atoms with Crippen LogP contribution in [0.4, 0.5) is 0 Å². The van der Waals surface area contributed by atoms with Crippen molar-refractivity contribution >= 4 is 11.8 Å². The minimum Gasteiger partial charge on any atom is -0.306 e. The number of carbonyl (C=O) groups excluding carboxylic acids is 2. The summed E-state index contributed by atoms with van der Waals surface area (Å²) in [5, 5.41) is 0. The SMILES string of the molecule is O=C(Cn1ccccc1=O)NNC(=O)c1ccc(-c2ccccc2)cc1. The summed E-state index contributed by atoms with van der Waals surface area (Å²) in [6, 6.07) is 21.5. The number of hydrogen-bond donors (Lipinski definition) is 2. The van der Waals surface area contributed by atoms with E-state index >= 15 is 0 Å². The van der Waals surface area contributed by atoms with Gasteiger partial charge in [-0.25, -0.2) is 0 Å². The molecule has 0 atom stereocenters. The summed E-state index contributed by atoms with van der Waals surface area (Å²) < 4.78 is 1.25. The first-order valence-electron chi connectivity index (χ1n) is 8.03. The topological polar surface area (TPSA) is 80.2 Å². The molecule has 0 saturated heterocycles. The van der Waals surface area contributed by atoms with Crippen molar-refractivity contribution in [3.05, 3.63) is 94.9 Å². The molecule has 3 aromatic rings. The Kier molecular flexibility index (Phi) is 5.24. The second kappa shape index (κ2) is 7.94. The minimum absolute atomic E-state index is 0.174. The molecule has 3 rings (SSSR count). The van der Waals surface area contributed by atoms with Crippen molar-refractivity contribution in [1.29, 1.82) is 0 Å². The lowest BCUT2D eigenvalue weighted by atomic mass is 10.0. The van der Waals surface area contributed by atoms with Crippen LogP contribution < -0.4 is 16.4 Å². The number of nitrogens with one attached hydrogen (secondary N) is 2. The number of benzene rings is 2. The summed E-state index contributed by atoms with van der Waals surface area (Å²) in [6.45, 7) is -0.174. The number of pyridine rings is 1. The monoisotopic (exact) mass is 347 g/mol. The first-order chi connectivity index (χ1) is 12.6. The van der Waals surface area contributed by atoms with E-state index in [1.54, 1.807) is 24.3 Å². The maximum absolute atomic E-state index is 12.1. The molecule has 0 aliphatic carbocycles. The van der Waals surface area contributed by atoms with Crippen molar-refractivity contribution in [1.82, 2.24) is 15.4 Å². The van der Waals surface area contributed by atoms with Crippen LogP contribution in [0.3, 0.4) is 0 Å². The Morgan fingerprint density at radius 3 is 2.12 bits per heavy atom. The van der Waals surface area contributed by atoms with Crippen LogP contribution in [-0.2, 0) is 11.3 Å². The van der Waals surface area contributed by atoms with E-state index in [9.17, 15) is 14.4 Å². The van der Waals surface area contributed by atoms with Gasteiger partial charge >= 0.3 is 0 Å². The molecule has 6 heteroatoms. The molecular formula is C20H17N3O3. The summed E-state index contributed by atoms with van der Waals surface area (Å²) in [6.07, 6.45) is 1.51. The van der Waals surface area contributed by atoms with Gasteiger partial charge in [0.1, 0.15) is 6.54 Å². The van der Waals surface area contributed by atoms with Crippen molar-refractivity contribution in [3.8, 4) is 11.1 Å². The van der Waals surface area contributed by atoms with Crippen LogP contribution in [0, 0.1) is 0 Å². The Hall–Kier alpha value is -3.67. The van der Waals surface area contributed by atoms with E-state index in [4.69, 9.17) is 0 Å². The summed E-state index contributed by atoms with van der Waals surface area (Å²) in [7, 11) is 0. The van der Waals surface area contributed by atoms with Gasteiger partial charge in [-0.2, -0.15) is 0 Å². The van der Waals surface area contributed by atoms with Crippen molar-refractivity contribution in [3.63, 3.8) is 0 Å². The van der Waals surface area contributed by atoms with E-state index in [0.29, 0.717) is 5.56 Å². The van der Waals surface area contributed by atoms with Crippen molar-refractivity contribution in [2.75, 3.05) is 0 Å². The molecule has 0 radical (unpaired) electrons. The molecule has 0 bridgehead atoms. The molecule has 1 aromatic heterocycles. The van der Waals surface area contributed by atoms with E-state index < -0.39 is 11.8 Å². The highest BCUT2D eigenvalue weighted by atomic mass is 16.2. The first kappa shape index (κ1) is 17.2. The third-order valence-electron chi connectivity index (χ3n) is 3.78. The highest BCUT2D eigenvalue weighted by Crippen LogP contribution is 2.19. The standard InChI is InChI=1S/C20H17N3O3/c24-18(14-23-13-5-4-8-19(23)25)21-22-20(26)17-11-9-16(10-12-17)15-6-2-1-3-7-15/h1-13H,14H2,(H,21,24)(H,22,26). The van der Waals surface area contributed by atoms with Crippen molar-refractivity contribution in [2.24, 2.45) is 0 Å². The van der Waals surface area contributed by atoms with Crippen LogP contribution in [0.2, 0.25) is 0 Å². The van der Waals surface area contributed by atoms with Crippen LogP contribution in [0.15, 0.2) is 83.8 Å². The molecule has 2 aromatic carbocycles. The fourth-order valence-electron chi connectivity index (χ4n) is 2.43. The Bertz CT molecular complexity index is 963. The molecule has 0 spiro atoms. The highest BCUT2D eigenvalue weighted by molar-refractivity contribution is 5.95. The van der Waals surface area contributed by atoms with Gasteiger partial charge in [0, 0.05) is 17.8 Å². The van der Waals surface area contributed by atoms with Crippen LogP contribution in [0.1, 0.15) is 10.4 Å². The smallest absolute Gasteiger partial charge is 0.269 e. The third kappa shape index (κ3) is 4.24. The first-order valence-corrected chi connectivity index (χ1v) is 8.03. The van der Waals surface area contributed by atoms with E-state index in [-0.39, 0.29) is 12.1 Å². The molecule has 2 amide bonds. The molecule has 0 saturated carbocycles. The van der Waals surface area contributed by atoms with Gasteiger partial charge in [-0.1, -0.05) is 48.5 Å². The molecule has 0 unspecified atom stereocenters. The summed E-state index contributed by atoms with van der Waals surface area (Å²) in [4.78, 5) is 35.5. The minimum atomic E-state index is -0.493. The number of nitrogens with zero attached hydrogens (tertiary/aromatic N) is 1. The maximum atomic E-state index is 12.1. The van der Waals surface area contributed by atoms with Gasteiger partial charge in [0.2, 0.25) is 0 Å². The van der Waals surface area contributed by atoms with E-state index in [2.05, 4.69) is 10.9 Å². The molecule has 130 valence electrons. The number of hydrogen-bond acceptors (Lipinski definition) is 3. The second-order valence-electron chi connectivity index (χ2n) is 5.61. The molecule has 6 nitrogen and oxygen atoms in total. The zero-order chi connectivity index (χ0) is 18.4. The van der Waals surface area contributed by atoms with E-state index in [1.165, 1.54) is 16.8 Å². The van der Waals surface area contributed by atoms with Crippen molar-refractivity contribution < 1.29 is 9.59 Å². The highest BCUT2D eigenvalue weighted by Gasteiger charge is 2.08. The fourth-order valence-corrected chi connectivity index (χ4v) is 2.43. The van der Waals surface area contributed by atoms with Gasteiger partial charge in [0.25, 0.3) is 17.4 Å². The second-order valence-corrected chi connectivity index (χ2v) is 5.61. The fraction of sp³-hybridized carbons (Fsp3) is 0.0500. The average molecular weight is 347 g/mol. The Balaban J connectivity index is 1.57. The largest absolute Gasteiger partial charge is 0.306 e. The maximum Gasteiger partial charge on any atom is 0.269 e. The lowest BCUT2D eigenvalue weighted by Gasteiger charge is -2.09. The van der Waals surface area contributed by atoms with Gasteiger partial charge in [0.05, 0.1) is 0 Å². The zero-order valence-electron chi connectivity index (χ0n) is 13.9. The number of amides is 2. The number of aromatic nitrogens is 1. The van der Waals surface area contributed by atoms with E-state index in [1.807, 2.05) is 42.5 Å². The van der Waals surface area contributed by atoms with Gasteiger partial charge in [-0.05, 0) is 29.3 Å². The Labute approximate surface area is 150 Å². The molecule has 0 aliphatic rings. The summed E-state index contributed by atoms with van der Waals surface area (Å²) >= 11 is 0. The van der Waals surface area contributed by atoms with Crippen LogP contribution in [0.25, 0.3) is 11.1 Å². The Morgan fingerprint density at radius 2 is 1.42 bits per heavy atom. The number of rotatable bonds is 4. The average Bonchev–Trinajstić information content (AvgIpc) is 2.69. The number of hydrazine groups is 1. The summed E-state index contributed by atoms with van der Waals surface area (Å²) in [5.41, 5.74) is 6.83. The third-order valence-corrected chi connectivity index (χ3v) is 3.78. The molecule has 26 heavy (non-hydrogen) atoms. The Morgan fingerprint density at radius 1 is 0.769 bits per heavy atom. The molecule has 1 heterocycles. The normalized spacial score (nSPS) is 10.2. The van der Waals surface area contributed by atoms with Gasteiger partial charge in [-0.15, -0.1) is 0 Å². The molecule has 0 aliphatic heterocycles. The lowest BCUT2D eigenvalue weighted by Crippen LogP contribution is -2.44. The molecular weight excluding hydrogens is 330 g/mol. The zero-order valence-corrected chi connectivity index (χ0v) is 13.9. The summed E-state index contributed by atoms with van der Waals surface area (Å²) in [5.74, 6) is -0.925. The van der Waals surface area contributed by atoms with Crippen LogP contribution in [-0.4, -0.2) is 16.4 Å². The van der Waals surface area contributed by atoms with Gasteiger partial charge < -0.3 is 4.57 Å². The predicted molar refractivity (Wildman–Crippen MR) is 98.2 cm³/mol.